The van der Waals surface area contributed by atoms with Gasteiger partial charge in [-0.3, -0.25) is 9.98 Å². The lowest BCUT2D eigenvalue weighted by Crippen LogP contribution is -2.43. The molecule has 2 rings (SSSR count). The fourth-order valence-corrected chi connectivity index (χ4v) is 4.02. The number of aryl methyl sites for hydroxylation is 2. The highest BCUT2D eigenvalue weighted by Crippen LogP contribution is 2.20. The number of alkyl halides is 1. The summed E-state index contributed by atoms with van der Waals surface area (Å²) in [4.78, 5) is 26.1. The molecule has 1 aliphatic rings. The van der Waals surface area contributed by atoms with Gasteiger partial charge in [0.15, 0.2) is 0 Å². The van der Waals surface area contributed by atoms with Gasteiger partial charge in [0.2, 0.25) is 0 Å². The lowest BCUT2D eigenvalue weighted by atomic mass is 10.1. The monoisotopic (exact) mass is 490 g/mol. The first-order chi connectivity index (χ1) is 17.0. The van der Waals surface area contributed by atoms with Gasteiger partial charge in [0, 0.05) is 45.7 Å². The van der Waals surface area contributed by atoms with Gasteiger partial charge in [-0.2, -0.15) is 0 Å². The molecule has 0 bridgehead atoms. The third kappa shape index (κ3) is 10.5. The maximum absolute atomic E-state index is 14.3. The summed E-state index contributed by atoms with van der Waals surface area (Å²) in [6, 6.07) is 3.38. The molecule has 0 saturated heterocycles. The second kappa shape index (κ2) is 15.9. The molecule has 0 aliphatic carbocycles. The van der Waals surface area contributed by atoms with E-state index < -0.39 is 18.2 Å². The van der Waals surface area contributed by atoms with Crippen LogP contribution in [0.4, 0.5) is 10.2 Å². The third-order valence-electron chi connectivity index (χ3n) is 5.85. The molecule has 0 saturated carbocycles. The average molecular weight is 491 g/mol. The average Bonchev–Trinajstić information content (AvgIpc) is 2.85. The van der Waals surface area contributed by atoms with Gasteiger partial charge in [-0.25, -0.2) is 14.2 Å². The first kappa shape index (κ1) is 28.4. The Hall–Kier alpha value is -2.85. The number of ether oxygens (including phenoxy) is 1. The second-order valence-electron chi connectivity index (χ2n) is 8.58. The van der Waals surface area contributed by atoms with Gasteiger partial charge in [0.05, 0.1) is 6.61 Å². The number of aliphatic carboxylic acids is 1. The highest BCUT2D eigenvalue weighted by atomic mass is 19.1. The van der Waals surface area contributed by atoms with E-state index in [2.05, 4.69) is 39.5 Å². The van der Waals surface area contributed by atoms with Crippen molar-refractivity contribution in [3.63, 3.8) is 0 Å². The van der Waals surface area contributed by atoms with E-state index in [1.807, 2.05) is 4.90 Å². The van der Waals surface area contributed by atoms with Crippen LogP contribution in [0.3, 0.4) is 0 Å². The Labute approximate surface area is 207 Å². The summed E-state index contributed by atoms with van der Waals surface area (Å²) < 4.78 is 19.3. The van der Waals surface area contributed by atoms with Crippen LogP contribution in [0.1, 0.15) is 36.9 Å². The summed E-state index contributed by atoms with van der Waals surface area (Å²) in [5.41, 5.74) is 2.32. The summed E-state index contributed by atoms with van der Waals surface area (Å²) in [5.74, 6) is 0.397. The molecule has 3 N–H and O–H groups in total. The van der Waals surface area contributed by atoms with E-state index in [4.69, 9.17) is 9.72 Å². The Kier molecular flexibility index (Phi) is 12.9. The molecule has 9 nitrogen and oxygen atoms in total. The van der Waals surface area contributed by atoms with Crippen molar-refractivity contribution in [1.29, 1.82) is 0 Å². The molecular weight excluding hydrogens is 451 g/mol. The van der Waals surface area contributed by atoms with Crippen molar-refractivity contribution in [3.05, 3.63) is 35.7 Å². The number of rotatable bonds is 16. The number of hydrogen-bond acceptors (Lipinski definition) is 7. The van der Waals surface area contributed by atoms with Crippen molar-refractivity contribution in [2.24, 2.45) is 9.98 Å². The number of halogens is 1. The number of anilines is 1. The number of nitrogens with zero attached hydrogens (tertiary/aromatic N) is 4. The first-order valence-corrected chi connectivity index (χ1v) is 12.1. The molecule has 0 unspecified atom stereocenters. The number of methoxy groups -OCH3 is 1. The SMILES string of the molecule is C=N/C=C\C(=N/C)N[C@@H](CCN(CCCCc1ccc2c(n1)NCCC2)C[C@H](F)COC)C(=O)O. The molecule has 0 radical (unpaired) electrons. The molecule has 0 amide bonds. The van der Waals surface area contributed by atoms with Crippen LogP contribution in [0.15, 0.2) is 34.4 Å². The number of fused-ring (bicyclic) bond motifs is 1. The van der Waals surface area contributed by atoms with Crippen LogP contribution < -0.4 is 10.6 Å². The predicted octanol–water partition coefficient (Wildman–Crippen LogP) is 2.72. The lowest BCUT2D eigenvalue weighted by Gasteiger charge is -2.26. The van der Waals surface area contributed by atoms with Crippen LogP contribution in [-0.4, -0.2) is 92.7 Å². The number of carboxylic acids is 1. The Bertz CT molecular complexity index is 864. The molecule has 0 aromatic carbocycles. The van der Waals surface area contributed by atoms with E-state index in [0.29, 0.717) is 25.3 Å². The van der Waals surface area contributed by atoms with Crippen LogP contribution in [0.25, 0.3) is 0 Å². The predicted molar refractivity (Wildman–Crippen MR) is 138 cm³/mol. The number of nitrogens with one attached hydrogen (secondary N) is 2. The lowest BCUT2D eigenvalue weighted by molar-refractivity contribution is -0.139. The zero-order chi connectivity index (χ0) is 25.5. The molecule has 1 aromatic heterocycles. The first-order valence-electron chi connectivity index (χ1n) is 12.1. The number of hydrogen-bond donors (Lipinski definition) is 3. The Morgan fingerprint density at radius 1 is 1.43 bits per heavy atom. The minimum atomic E-state index is -1.14. The normalized spacial score (nSPS) is 15.5. The summed E-state index contributed by atoms with van der Waals surface area (Å²) in [6.45, 7) is 5.61. The fourth-order valence-electron chi connectivity index (χ4n) is 4.02. The molecular formula is C25H39FN6O3. The number of aliphatic imine (C=N–C) groups is 2. The quantitative estimate of drug-likeness (QED) is 0.186. The molecule has 2 atom stereocenters. The van der Waals surface area contributed by atoms with Crippen molar-refractivity contribution in [2.75, 3.05) is 52.3 Å². The van der Waals surface area contributed by atoms with Crippen molar-refractivity contribution in [3.8, 4) is 0 Å². The smallest absolute Gasteiger partial charge is 0.326 e. The van der Waals surface area contributed by atoms with E-state index in [-0.39, 0.29) is 13.2 Å². The number of unbranched alkanes of at least 4 members (excludes halogenated alkanes) is 1. The number of aromatic nitrogens is 1. The minimum Gasteiger partial charge on any atom is -0.480 e. The van der Waals surface area contributed by atoms with Crippen molar-refractivity contribution < 1.29 is 19.0 Å². The molecule has 0 spiro atoms. The molecule has 35 heavy (non-hydrogen) atoms. The van der Waals surface area contributed by atoms with E-state index in [9.17, 15) is 14.3 Å². The van der Waals surface area contributed by atoms with Crippen molar-refractivity contribution in [2.45, 2.75) is 50.7 Å². The van der Waals surface area contributed by atoms with Crippen molar-refractivity contribution >= 4 is 24.3 Å². The highest BCUT2D eigenvalue weighted by molar-refractivity contribution is 5.95. The minimum absolute atomic E-state index is 0.00907. The number of carboxylic acid groups (broad SMARTS) is 1. The third-order valence-corrected chi connectivity index (χ3v) is 5.85. The summed E-state index contributed by atoms with van der Waals surface area (Å²) in [7, 11) is 3.03. The zero-order valence-electron chi connectivity index (χ0n) is 20.9. The Morgan fingerprint density at radius 3 is 2.97 bits per heavy atom. The number of carbonyl (C=O) groups is 1. The molecule has 1 aliphatic heterocycles. The maximum Gasteiger partial charge on any atom is 0.326 e. The molecule has 2 heterocycles. The molecule has 10 heteroatoms. The van der Waals surface area contributed by atoms with Gasteiger partial charge >= 0.3 is 5.97 Å². The van der Waals surface area contributed by atoms with Gasteiger partial charge in [-0.15, -0.1) is 0 Å². The van der Waals surface area contributed by atoms with E-state index in [0.717, 1.165) is 50.2 Å². The van der Waals surface area contributed by atoms with E-state index in [1.54, 1.807) is 13.1 Å². The number of pyridine rings is 1. The summed E-state index contributed by atoms with van der Waals surface area (Å²) in [6.07, 6.45) is 6.96. The van der Waals surface area contributed by atoms with Crippen LogP contribution in [0.5, 0.6) is 0 Å². The standard InChI is InChI=1S/C25H39FN6O3/c1-27-14-11-23(28-2)31-22(25(33)34)12-16-32(17-20(26)18-35-3)15-5-4-8-21-10-9-19-7-6-13-29-24(19)30-21/h9-11,14,20,22H,1,4-8,12-13,15-18H2,2-3H3,(H,28,31)(H,29,30)(H,33,34)/b14-11-/t20-,22-/m0/s1. The largest absolute Gasteiger partial charge is 0.480 e. The van der Waals surface area contributed by atoms with Gasteiger partial charge in [0.25, 0.3) is 0 Å². The van der Waals surface area contributed by atoms with E-state index >= 15 is 0 Å². The van der Waals surface area contributed by atoms with Crippen LogP contribution >= 0.6 is 0 Å². The van der Waals surface area contributed by atoms with Crippen molar-refractivity contribution in [1.82, 2.24) is 15.2 Å². The van der Waals surface area contributed by atoms with E-state index in [1.165, 1.54) is 18.9 Å². The number of amidine groups is 1. The molecule has 0 fully saturated rings. The molecule has 194 valence electrons. The Morgan fingerprint density at radius 2 is 2.26 bits per heavy atom. The fraction of sp³-hybridized carbons (Fsp3) is 0.600. The zero-order valence-corrected chi connectivity index (χ0v) is 20.9. The van der Waals surface area contributed by atoms with Crippen LogP contribution in [0, 0.1) is 0 Å². The van der Waals surface area contributed by atoms with Crippen LogP contribution in [-0.2, 0) is 22.4 Å². The topological polar surface area (TPSA) is 111 Å². The van der Waals surface area contributed by atoms with Gasteiger partial charge < -0.3 is 25.4 Å². The second-order valence-corrected chi connectivity index (χ2v) is 8.58. The van der Waals surface area contributed by atoms with Gasteiger partial charge in [-0.05, 0) is 69.5 Å². The summed E-state index contributed by atoms with van der Waals surface area (Å²) >= 11 is 0. The van der Waals surface area contributed by atoms with Gasteiger partial charge in [0.1, 0.15) is 23.9 Å². The van der Waals surface area contributed by atoms with Gasteiger partial charge in [-0.1, -0.05) is 6.07 Å². The summed E-state index contributed by atoms with van der Waals surface area (Å²) in [5, 5.41) is 15.9. The Balaban J connectivity index is 1.89. The maximum atomic E-state index is 14.3. The van der Waals surface area contributed by atoms with Crippen LogP contribution in [0.2, 0.25) is 0 Å². The molecule has 1 aromatic rings. The highest BCUT2D eigenvalue weighted by Gasteiger charge is 2.21.